The number of hydrazine groups is 1. The first-order valence-corrected chi connectivity index (χ1v) is 11.0. The highest BCUT2D eigenvalue weighted by Gasteiger charge is 2.46. The fourth-order valence-corrected chi connectivity index (χ4v) is 5.15. The monoisotopic (exact) mass is 444 g/mol. The van der Waals surface area contributed by atoms with Crippen molar-refractivity contribution in [3.63, 3.8) is 0 Å². The number of carbonyl (C=O) groups excluding carboxylic acids is 2. The SMILES string of the molecule is COc1ccc(C2CC(=O)N(N3CCOCC3)C3=C2C(=O)CC(C)(C)C3)c(OC)c1OC. The number of ether oxygens (including phenoxy) is 4. The van der Waals surface area contributed by atoms with Crippen molar-refractivity contribution in [3.8, 4) is 17.2 Å². The lowest BCUT2D eigenvalue weighted by Gasteiger charge is -2.47. The summed E-state index contributed by atoms with van der Waals surface area (Å²) in [5.74, 6) is 1.17. The topological polar surface area (TPSA) is 77.5 Å². The van der Waals surface area contributed by atoms with E-state index in [-0.39, 0.29) is 23.5 Å². The van der Waals surface area contributed by atoms with Crippen molar-refractivity contribution in [3.05, 3.63) is 29.0 Å². The average molecular weight is 445 g/mol. The number of nitrogens with zero attached hydrogens (tertiary/aromatic N) is 2. The molecule has 0 N–H and O–H groups in total. The molecule has 2 heterocycles. The summed E-state index contributed by atoms with van der Waals surface area (Å²) in [6.45, 7) is 6.55. The summed E-state index contributed by atoms with van der Waals surface area (Å²) in [5, 5.41) is 3.79. The molecule has 8 heteroatoms. The van der Waals surface area contributed by atoms with Crippen LogP contribution in [-0.4, -0.2) is 69.3 Å². The molecule has 0 bridgehead atoms. The molecule has 1 fully saturated rings. The van der Waals surface area contributed by atoms with Crippen LogP contribution in [0.1, 0.15) is 44.6 Å². The number of amides is 1. The molecule has 1 saturated heterocycles. The van der Waals surface area contributed by atoms with Crippen LogP contribution in [0.3, 0.4) is 0 Å². The number of hydrogen-bond acceptors (Lipinski definition) is 7. The van der Waals surface area contributed by atoms with Crippen LogP contribution in [0.25, 0.3) is 0 Å². The van der Waals surface area contributed by atoms with E-state index in [0.717, 1.165) is 11.3 Å². The van der Waals surface area contributed by atoms with Gasteiger partial charge in [-0.05, 0) is 17.9 Å². The molecule has 0 spiro atoms. The molecular weight excluding hydrogens is 412 g/mol. The van der Waals surface area contributed by atoms with Gasteiger partial charge in [-0.2, -0.15) is 0 Å². The van der Waals surface area contributed by atoms with Crippen molar-refractivity contribution in [2.75, 3.05) is 47.6 Å². The summed E-state index contributed by atoms with van der Waals surface area (Å²) in [4.78, 5) is 27.0. The number of rotatable bonds is 5. The predicted octanol–water partition coefficient (Wildman–Crippen LogP) is 2.92. The van der Waals surface area contributed by atoms with Crippen molar-refractivity contribution in [2.24, 2.45) is 5.41 Å². The Morgan fingerprint density at radius 2 is 1.66 bits per heavy atom. The van der Waals surface area contributed by atoms with Crippen LogP contribution in [0.4, 0.5) is 0 Å². The zero-order chi connectivity index (χ0) is 23.0. The molecule has 1 unspecified atom stereocenters. The Morgan fingerprint density at radius 1 is 0.969 bits per heavy atom. The molecule has 0 saturated carbocycles. The number of hydrogen-bond donors (Lipinski definition) is 0. The minimum atomic E-state index is -0.395. The molecule has 1 aliphatic carbocycles. The van der Waals surface area contributed by atoms with Crippen LogP contribution in [0.2, 0.25) is 0 Å². The summed E-state index contributed by atoms with van der Waals surface area (Å²) in [5.41, 5.74) is 2.07. The number of morpholine rings is 1. The molecule has 1 aromatic carbocycles. The molecule has 1 atom stereocenters. The first-order chi connectivity index (χ1) is 15.3. The minimum absolute atomic E-state index is 0.0158. The van der Waals surface area contributed by atoms with Crippen LogP contribution >= 0.6 is 0 Å². The number of Topliss-reactive ketones (excluding diaryl/α,β-unsaturated/α-hetero) is 1. The van der Waals surface area contributed by atoms with Gasteiger partial charge in [-0.15, -0.1) is 0 Å². The van der Waals surface area contributed by atoms with Crippen molar-refractivity contribution in [2.45, 2.75) is 39.0 Å². The Balaban J connectivity index is 1.88. The van der Waals surface area contributed by atoms with Gasteiger partial charge in [-0.25, -0.2) is 10.0 Å². The molecule has 4 rings (SSSR count). The van der Waals surface area contributed by atoms with Gasteiger partial charge in [-0.3, -0.25) is 9.59 Å². The first-order valence-electron chi connectivity index (χ1n) is 11.0. The second-order valence-corrected chi connectivity index (χ2v) is 9.25. The predicted molar refractivity (Wildman–Crippen MR) is 118 cm³/mol. The van der Waals surface area contributed by atoms with Crippen LogP contribution in [0, 0.1) is 5.41 Å². The van der Waals surface area contributed by atoms with Crippen LogP contribution < -0.4 is 14.2 Å². The summed E-state index contributed by atoms with van der Waals surface area (Å²) in [7, 11) is 4.68. The number of benzene rings is 1. The van der Waals surface area contributed by atoms with E-state index in [1.165, 1.54) is 0 Å². The van der Waals surface area contributed by atoms with E-state index in [1.807, 2.05) is 11.1 Å². The van der Waals surface area contributed by atoms with Crippen molar-refractivity contribution >= 4 is 11.7 Å². The first kappa shape index (κ1) is 22.6. The van der Waals surface area contributed by atoms with Gasteiger partial charge in [0.05, 0.1) is 34.5 Å². The Hall–Kier alpha value is -2.58. The maximum Gasteiger partial charge on any atom is 0.242 e. The second kappa shape index (κ2) is 8.75. The summed E-state index contributed by atoms with van der Waals surface area (Å²) >= 11 is 0. The van der Waals surface area contributed by atoms with Crippen LogP contribution in [0.15, 0.2) is 23.4 Å². The van der Waals surface area contributed by atoms with E-state index in [4.69, 9.17) is 18.9 Å². The van der Waals surface area contributed by atoms with E-state index in [2.05, 4.69) is 13.8 Å². The van der Waals surface area contributed by atoms with Gasteiger partial charge in [0.1, 0.15) is 0 Å². The van der Waals surface area contributed by atoms with Gasteiger partial charge < -0.3 is 18.9 Å². The smallest absolute Gasteiger partial charge is 0.242 e. The highest BCUT2D eigenvalue weighted by Crippen LogP contribution is 2.51. The highest BCUT2D eigenvalue weighted by molar-refractivity contribution is 6.02. The van der Waals surface area contributed by atoms with E-state index < -0.39 is 5.92 Å². The molecule has 8 nitrogen and oxygen atoms in total. The van der Waals surface area contributed by atoms with Crippen molar-refractivity contribution in [1.82, 2.24) is 10.0 Å². The van der Waals surface area contributed by atoms with E-state index in [9.17, 15) is 9.59 Å². The normalized spacial score (nSPS) is 23.8. The molecule has 1 amide bonds. The van der Waals surface area contributed by atoms with Gasteiger partial charge in [0, 0.05) is 48.7 Å². The number of allylic oxidation sites excluding steroid dienone is 2. The van der Waals surface area contributed by atoms with Gasteiger partial charge in [0.15, 0.2) is 17.3 Å². The van der Waals surface area contributed by atoms with Gasteiger partial charge in [0.25, 0.3) is 0 Å². The third-order valence-electron chi connectivity index (χ3n) is 6.50. The second-order valence-electron chi connectivity index (χ2n) is 9.25. The quantitative estimate of drug-likeness (QED) is 0.691. The molecule has 1 aromatic rings. The third kappa shape index (κ3) is 3.86. The minimum Gasteiger partial charge on any atom is -0.493 e. The van der Waals surface area contributed by atoms with Gasteiger partial charge >= 0.3 is 0 Å². The fraction of sp³-hybridized carbons (Fsp3) is 0.583. The molecule has 3 aliphatic rings. The zero-order valence-corrected chi connectivity index (χ0v) is 19.5. The maximum absolute atomic E-state index is 13.5. The summed E-state index contributed by atoms with van der Waals surface area (Å²) in [6, 6.07) is 3.67. The molecule has 0 radical (unpaired) electrons. The highest BCUT2D eigenvalue weighted by atomic mass is 16.5. The number of methoxy groups -OCH3 is 3. The largest absolute Gasteiger partial charge is 0.493 e. The van der Waals surface area contributed by atoms with E-state index >= 15 is 0 Å². The molecule has 32 heavy (non-hydrogen) atoms. The van der Waals surface area contributed by atoms with Crippen molar-refractivity contribution in [1.29, 1.82) is 0 Å². The standard InChI is InChI=1S/C24H32N2O6/c1-24(2)13-17-21(18(27)14-24)16(12-20(28)26(17)25-8-10-32-11-9-25)15-6-7-19(29-3)23(31-5)22(15)30-4/h6-7,16H,8-14H2,1-5H3. The van der Waals surface area contributed by atoms with Gasteiger partial charge in [0.2, 0.25) is 11.7 Å². The molecule has 2 aliphatic heterocycles. The fourth-order valence-electron chi connectivity index (χ4n) is 5.15. The average Bonchev–Trinajstić information content (AvgIpc) is 2.76. The lowest BCUT2D eigenvalue weighted by molar-refractivity contribution is -0.154. The molecule has 174 valence electrons. The maximum atomic E-state index is 13.5. The summed E-state index contributed by atoms with van der Waals surface area (Å²) in [6.07, 6.45) is 1.29. The summed E-state index contributed by atoms with van der Waals surface area (Å²) < 4.78 is 22.2. The van der Waals surface area contributed by atoms with Crippen molar-refractivity contribution < 1.29 is 28.5 Å². The Kier molecular flexibility index (Phi) is 6.18. The number of ketones is 1. The lowest BCUT2D eigenvalue weighted by atomic mass is 9.69. The zero-order valence-electron chi connectivity index (χ0n) is 19.5. The Labute approximate surface area is 189 Å². The van der Waals surface area contributed by atoms with E-state index in [0.29, 0.717) is 62.0 Å². The van der Waals surface area contributed by atoms with Gasteiger partial charge in [-0.1, -0.05) is 19.9 Å². The van der Waals surface area contributed by atoms with E-state index in [1.54, 1.807) is 32.4 Å². The van der Waals surface area contributed by atoms with Crippen LogP contribution in [-0.2, 0) is 14.3 Å². The Bertz CT molecular complexity index is 948. The van der Waals surface area contributed by atoms with Crippen LogP contribution in [0.5, 0.6) is 17.2 Å². The number of carbonyl (C=O) groups is 2. The molecular formula is C24H32N2O6. The lowest BCUT2D eigenvalue weighted by Crippen LogP contribution is -2.55. The third-order valence-corrected chi connectivity index (χ3v) is 6.50. The Morgan fingerprint density at radius 3 is 2.28 bits per heavy atom. The molecule has 0 aromatic heterocycles.